The van der Waals surface area contributed by atoms with E-state index in [0.717, 1.165) is 15.0 Å². The van der Waals surface area contributed by atoms with Crippen molar-refractivity contribution in [2.24, 2.45) is 0 Å². The van der Waals surface area contributed by atoms with Crippen molar-refractivity contribution in [2.45, 2.75) is 13.1 Å². The number of nitrogens with zero attached hydrogens (tertiary/aromatic N) is 1. The Morgan fingerprint density at radius 3 is 2.94 bits per heavy atom. The molecule has 17 heavy (non-hydrogen) atoms. The Labute approximate surface area is 116 Å². The van der Waals surface area contributed by atoms with E-state index in [4.69, 9.17) is 11.6 Å². The fourth-order valence-electron chi connectivity index (χ4n) is 1.35. The van der Waals surface area contributed by atoms with Crippen LogP contribution in [0.3, 0.4) is 0 Å². The Balaban J connectivity index is 1.91. The van der Waals surface area contributed by atoms with E-state index in [1.807, 2.05) is 0 Å². The Morgan fingerprint density at radius 2 is 2.24 bits per heavy atom. The normalized spacial score (nSPS) is 10.8. The van der Waals surface area contributed by atoms with E-state index in [1.165, 1.54) is 23.5 Å². The van der Waals surface area contributed by atoms with Crippen LogP contribution in [0.5, 0.6) is 0 Å². The van der Waals surface area contributed by atoms with Crippen molar-refractivity contribution in [3.8, 4) is 0 Å². The molecule has 0 aliphatic carbocycles. The van der Waals surface area contributed by atoms with Gasteiger partial charge in [0.1, 0.15) is 15.2 Å². The van der Waals surface area contributed by atoms with Crippen LogP contribution in [0.25, 0.3) is 0 Å². The van der Waals surface area contributed by atoms with E-state index in [9.17, 15) is 4.39 Å². The van der Waals surface area contributed by atoms with Crippen LogP contribution >= 0.6 is 38.9 Å². The van der Waals surface area contributed by atoms with Gasteiger partial charge in [0.15, 0.2) is 0 Å². The second-order valence-corrected chi connectivity index (χ2v) is 6.00. The predicted molar refractivity (Wildman–Crippen MR) is 71.8 cm³/mol. The van der Waals surface area contributed by atoms with Crippen molar-refractivity contribution < 1.29 is 4.39 Å². The van der Waals surface area contributed by atoms with Crippen molar-refractivity contribution in [3.05, 3.63) is 49.6 Å². The lowest BCUT2D eigenvalue weighted by molar-refractivity contribution is 0.619. The standard InChI is InChI=1S/C11H9BrClFN2S/c12-9-2-1-8(14)3-7(9)4-15-6-11-16-5-10(13)17-11/h1-3,5,15H,4,6H2. The summed E-state index contributed by atoms with van der Waals surface area (Å²) in [4.78, 5) is 4.13. The summed E-state index contributed by atoms with van der Waals surface area (Å²) >= 11 is 10.6. The maximum atomic E-state index is 13.0. The van der Waals surface area contributed by atoms with Crippen LogP contribution in [-0.2, 0) is 13.1 Å². The summed E-state index contributed by atoms with van der Waals surface area (Å²) in [7, 11) is 0. The third kappa shape index (κ3) is 3.74. The number of halogens is 3. The lowest BCUT2D eigenvalue weighted by Gasteiger charge is -2.05. The van der Waals surface area contributed by atoms with Gasteiger partial charge < -0.3 is 5.32 Å². The van der Waals surface area contributed by atoms with Crippen molar-refractivity contribution in [3.63, 3.8) is 0 Å². The van der Waals surface area contributed by atoms with Crippen molar-refractivity contribution in [1.29, 1.82) is 0 Å². The van der Waals surface area contributed by atoms with Gasteiger partial charge in [-0.15, -0.1) is 11.3 Å². The molecule has 2 rings (SSSR count). The van der Waals surface area contributed by atoms with E-state index >= 15 is 0 Å². The van der Waals surface area contributed by atoms with Gasteiger partial charge in [-0.2, -0.15) is 0 Å². The van der Waals surface area contributed by atoms with Crippen LogP contribution in [0.15, 0.2) is 28.9 Å². The highest BCUT2D eigenvalue weighted by Gasteiger charge is 2.03. The minimum Gasteiger partial charge on any atom is -0.306 e. The van der Waals surface area contributed by atoms with Crippen LogP contribution in [0.4, 0.5) is 4.39 Å². The van der Waals surface area contributed by atoms with E-state index in [-0.39, 0.29) is 5.82 Å². The van der Waals surface area contributed by atoms with Crippen LogP contribution in [-0.4, -0.2) is 4.98 Å². The van der Waals surface area contributed by atoms with Gasteiger partial charge >= 0.3 is 0 Å². The molecule has 2 nitrogen and oxygen atoms in total. The number of aromatic nitrogens is 1. The fourth-order valence-corrected chi connectivity index (χ4v) is 2.67. The van der Waals surface area contributed by atoms with Gasteiger partial charge in [-0.25, -0.2) is 9.37 Å². The number of hydrogen-bond donors (Lipinski definition) is 1. The molecule has 6 heteroatoms. The van der Waals surface area contributed by atoms with Crippen LogP contribution in [0, 0.1) is 5.82 Å². The second kappa shape index (κ2) is 5.91. The summed E-state index contributed by atoms with van der Waals surface area (Å²) in [5.74, 6) is -0.234. The zero-order valence-electron chi connectivity index (χ0n) is 8.71. The minimum absolute atomic E-state index is 0.234. The average molecular weight is 336 g/mol. The Hall–Kier alpha value is -0.490. The molecule has 0 aliphatic heterocycles. The molecule has 90 valence electrons. The van der Waals surface area contributed by atoms with Gasteiger partial charge in [0, 0.05) is 17.6 Å². The van der Waals surface area contributed by atoms with E-state index < -0.39 is 0 Å². The van der Waals surface area contributed by atoms with Gasteiger partial charge in [-0.05, 0) is 23.8 Å². The molecule has 0 spiro atoms. The molecular weight excluding hydrogens is 327 g/mol. The van der Waals surface area contributed by atoms with Gasteiger partial charge in [0.25, 0.3) is 0 Å². The molecule has 0 amide bonds. The molecule has 1 heterocycles. The highest BCUT2D eigenvalue weighted by molar-refractivity contribution is 9.10. The molecular formula is C11H9BrClFN2S. The Bertz CT molecular complexity index is 518. The highest BCUT2D eigenvalue weighted by atomic mass is 79.9. The van der Waals surface area contributed by atoms with Crippen LogP contribution in [0.2, 0.25) is 4.34 Å². The molecule has 0 fully saturated rings. The lowest BCUT2D eigenvalue weighted by atomic mass is 10.2. The van der Waals surface area contributed by atoms with Gasteiger partial charge in [-0.1, -0.05) is 27.5 Å². The Kier molecular flexibility index (Phi) is 4.50. The summed E-state index contributed by atoms with van der Waals surface area (Å²) in [6.45, 7) is 1.20. The molecule has 1 aromatic carbocycles. The molecule has 0 unspecified atom stereocenters. The maximum absolute atomic E-state index is 13.0. The van der Waals surface area contributed by atoms with Crippen LogP contribution < -0.4 is 5.32 Å². The summed E-state index contributed by atoms with van der Waals surface area (Å²) in [6, 6.07) is 4.63. The molecule has 0 radical (unpaired) electrons. The third-order valence-electron chi connectivity index (χ3n) is 2.12. The molecule has 0 bridgehead atoms. The number of benzene rings is 1. The number of rotatable bonds is 4. The highest BCUT2D eigenvalue weighted by Crippen LogP contribution is 2.19. The number of hydrogen-bond acceptors (Lipinski definition) is 3. The van der Waals surface area contributed by atoms with Gasteiger partial charge in [0.2, 0.25) is 0 Å². The molecule has 2 aromatic rings. The summed E-state index contributed by atoms with van der Waals surface area (Å²) < 4.78 is 14.6. The number of nitrogens with one attached hydrogen (secondary N) is 1. The largest absolute Gasteiger partial charge is 0.306 e. The topological polar surface area (TPSA) is 24.9 Å². The molecule has 1 N–H and O–H groups in total. The lowest BCUT2D eigenvalue weighted by Crippen LogP contribution is -2.12. The Morgan fingerprint density at radius 1 is 1.41 bits per heavy atom. The number of thiazole rings is 1. The van der Waals surface area contributed by atoms with Crippen molar-refractivity contribution >= 4 is 38.9 Å². The zero-order chi connectivity index (χ0) is 12.3. The summed E-state index contributed by atoms with van der Waals surface area (Å²) in [5.41, 5.74) is 0.882. The zero-order valence-corrected chi connectivity index (χ0v) is 11.9. The minimum atomic E-state index is -0.234. The SMILES string of the molecule is Fc1ccc(Br)c(CNCc2ncc(Cl)s2)c1. The second-order valence-electron chi connectivity index (χ2n) is 3.40. The molecule has 0 saturated heterocycles. The van der Waals surface area contributed by atoms with E-state index in [1.54, 1.807) is 12.3 Å². The first kappa shape index (κ1) is 13.0. The fraction of sp³-hybridized carbons (Fsp3) is 0.182. The third-order valence-corrected chi connectivity index (χ3v) is 4.01. The average Bonchev–Trinajstić information content (AvgIpc) is 2.69. The summed E-state index contributed by atoms with van der Waals surface area (Å²) in [6.07, 6.45) is 1.63. The first-order chi connectivity index (χ1) is 8.15. The summed E-state index contributed by atoms with van der Waals surface area (Å²) in [5, 5.41) is 4.11. The van der Waals surface area contributed by atoms with E-state index in [2.05, 4.69) is 26.2 Å². The smallest absolute Gasteiger partial charge is 0.123 e. The van der Waals surface area contributed by atoms with Crippen molar-refractivity contribution in [2.75, 3.05) is 0 Å². The van der Waals surface area contributed by atoms with E-state index in [0.29, 0.717) is 17.4 Å². The quantitative estimate of drug-likeness (QED) is 0.914. The first-order valence-electron chi connectivity index (χ1n) is 4.90. The predicted octanol–water partition coefficient (Wildman–Crippen LogP) is 3.99. The first-order valence-corrected chi connectivity index (χ1v) is 6.89. The molecule has 0 atom stereocenters. The van der Waals surface area contributed by atoms with Crippen molar-refractivity contribution in [1.82, 2.24) is 10.3 Å². The molecule has 0 saturated carbocycles. The van der Waals surface area contributed by atoms with Gasteiger partial charge in [-0.3, -0.25) is 0 Å². The van der Waals surface area contributed by atoms with Gasteiger partial charge in [0.05, 0.1) is 6.20 Å². The monoisotopic (exact) mass is 334 g/mol. The molecule has 1 aromatic heterocycles. The van der Waals surface area contributed by atoms with Crippen LogP contribution in [0.1, 0.15) is 10.6 Å². The molecule has 0 aliphatic rings. The maximum Gasteiger partial charge on any atom is 0.123 e.